The van der Waals surface area contributed by atoms with Crippen LogP contribution in [-0.4, -0.2) is 6.54 Å². The SMILES string of the molecule is NCC(N)c1cc2c(Br)cccc2s1. The van der Waals surface area contributed by atoms with Crippen LogP contribution in [-0.2, 0) is 0 Å². The van der Waals surface area contributed by atoms with Crippen molar-refractivity contribution < 1.29 is 0 Å². The third-order valence-electron chi connectivity index (χ3n) is 2.15. The van der Waals surface area contributed by atoms with E-state index >= 15 is 0 Å². The van der Waals surface area contributed by atoms with E-state index in [1.165, 1.54) is 10.1 Å². The average molecular weight is 271 g/mol. The van der Waals surface area contributed by atoms with Gasteiger partial charge in [0.15, 0.2) is 0 Å². The maximum atomic E-state index is 5.88. The highest BCUT2D eigenvalue weighted by atomic mass is 79.9. The summed E-state index contributed by atoms with van der Waals surface area (Å²) in [7, 11) is 0. The molecule has 0 saturated heterocycles. The summed E-state index contributed by atoms with van der Waals surface area (Å²) in [6.45, 7) is 0.491. The maximum absolute atomic E-state index is 5.88. The second-order valence-corrected chi connectivity index (χ2v) is 5.11. The van der Waals surface area contributed by atoms with E-state index in [-0.39, 0.29) is 6.04 Å². The van der Waals surface area contributed by atoms with Gasteiger partial charge in [0.2, 0.25) is 0 Å². The highest BCUT2D eigenvalue weighted by Gasteiger charge is 2.09. The number of thiophene rings is 1. The van der Waals surface area contributed by atoms with Crippen molar-refractivity contribution in [1.82, 2.24) is 0 Å². The molecule has 0 aliphatic rings. The fourth-order valence-corrected chi connectivity index (χ4v) is 3.06. The molecule has 1 unspecified atom stereocenters. The van der Waals surface area contributed by atoms with E-state index in [9.17, 15) is 0 Å². The summed E-state index contributed by atoms with van der Waals surface area (Å²) in [4.78, 5) is 1.15. The van der Waals surface area contributed by atoms with Crippen molar-refractivity contribution >= 4 is 37.4 Å². The lowest BCUT2D eigenvalue weighted by molar-refractivity contribution is 0.752. The van der Waals surface area contributed by atoms with Crippen LogP contribution in [0.4, 0.5) is 0 Å². The number of nitrogens with two attached hydrogens (primary N) is 2. The van der Waals surface area contributed by atoms with Crippen LogP contribution in [0.2, 0.25) is 0 Å². The molecule has 0 saturated carbocycles. The van der Waals surface area contributed by atoms with Crippen LogP contribution in [0.25, 0.3) is 10.1 Å². The zero-order chi connectivity index (χ0) is 10.1. The molecule has 4 heteroatoms. The van der Waals surface area contributed by atoms with Crippen LogP contribution in [0.1, 0.15) is 10.9 Å². The normalized spacial score (nSPS) is 13.4. The Bertz CT molecular complexity index is 452. The molecular formula is C10H11BrN2S. The lowest BCUT2D eigenvalue weighted by Gasteiger charge is -2.03. The number of halogens is 1. The van der Waals surface area contributed by atoms with E-state index in [4.69, 9.17) is 11.5 Å². The minimum Gasteiger partial charge on any atom is -0.329 e. The summed E-state index contributed by atoms with van der Waals surface area (Å²) >= 11 is 5.22. The van der Waals surface area contributed by atoms with Gasteiger partial charge in [-0.1, -0.05) is 22.0 Å². The molecule has 0 spiro atoms. The molecule has 2 aromatic rings. The zero-order valence-electron chi connectivity index (χ0n) is 7.53. The number of fused-ring (bicyclic) bond motifs is 1. The van der Waals surface area contributed by atoms with Crippen molar-refractivity contribution in [2.45, 2.75) is 6.04 Å². The Kier molecular flexibility index (Phi) is 2.88. The minimum absolute atomic E-state index is 0.0423. The number of hydrogen-bond donors (Lipinski definition) is 2. The van der Waals surface area contributed by atoms with Gasteiger partial charge in [-0.05, 0) is 18.2 Å². The topological polar surface area (TPSA) is 52.0 Å². The molecule has 0 aliphatic heterocycles. The molecule has 1 heterocycles. The quantitative estimate of drug-likeness (QED) is 0.882. The number of hydrogen-bond acceptors (Lipinski definition) is 3. The molecule has 2 rings (SSSR count). The van der Waals surface area contributed by atoms with E-state index in [0.29, 0.717) is 6.54 Å². The van der Waals surface area contributed by atoms with Gasteiger partial charge in [-0.25, -0.2) is 0 Å². The fraction of sp³-hybridized carbons (Fsp3) is 0.200. The molecule has 0 amide bonds. The van der Waals surface area contributed by atoms with E-state index in [1.54, 1.807) is 11.3 Å². The Labute approximate surface area is 95.0 Å². The van der Waals surface area contributed by atoms with Gasteiger partial charge in [0.05, 0.1) is 6.04 Å². The molecule has 0 bridgehead atoms. The lowest BCUT2D eigenvalue weighted by atomic mass is 10.2. The van der Waals surface area contributed by atoms with E-state index in [2.05, 4.69) is 28.1 Å². The second kappa shape index (κ2) is 3.98. The van der Waals surface area contributed by atoms with Gasteiger partial charge in [-0.3, -0.25) is 0 Å². The summed E-state index contributed by atoms with van der Waals surface area (Å²) < 4.78 is 2.36. The van der Waals surface area contributed by atoms with Crippen molar-refractivity contribution in [2.24, 2.45) is 11.5 Å². The van der Waals surface area contributed by atoms with Gasteiger partial charge in [0, 0.05) is 26.0 Å². The molecule has 1 aromatic heterocycles. The molecule has 0 fully saturated rings. The standard InChI is InChI=1S/C10H11BrN2S/c11-7-2-1-3-9-6(7)4-10(14-9)8(13)5-12/h1-4,8H,5,12-13H2. The van der Waals surface area contributed by atoms with Crippen LogP contribution in [0.3, 0.4) is 0 Å². The summed E-state index contributed by atoms with van der Waals surface area (Å²) in [6, 6.07) is 8.23. The van der Waals surface area contributed by atoms with Crippen LogP contribution in [0.15, 0.2) is 28.7 Å². The fourth-order valence-electron chi connectivity index (χ4n) is 1.34. The monoisotopic (exact) mass is 270 g/mol. The zero-order valence-corrected chi connectivity index (χ0v) is 9.94. The van der Waals surface area contributed by atoms with Gasteiger partial charge in [-0.15, -0.1) is 11.3 Å². The summed E-state index contributed by atoms with van der Waals surface area (Å²) in [5.74, 6) is 0. The Hall–Kier alpha value is -0.420. The van der Waals surface area contributed by atoms with Crippen LogP contribution >= 0.6 is 27.3 Å². The molecule has 0 radical (unpaired) electrons. The Morgan fingerprint density at radius 1 is 1.43 bits per heavy atom. The first-order valence-electron chi connectivity index (χ1n) is 4.36. The predicted molar refractivity (Wildman–Crippen MR) is 65.5 cm³/mol. The molecule has 1 aromatic carbocycles. The number of benzene rings is 1. The first-order chi connectivity index (χ1) is 6.72. The average Bonchev–Trinajstić information content (AvgIpc) is 2.62. The smallest absolute Gasteiger partial charge is 0.0514 e. The number of rotatable bonds is 2. The van der Waals surface area contributed by atoms with Crippen LogP contribution in [0.5, 0.6) is 0 Å². The first-order valence-corrected chi connectivity index (χ1v) is 5.97. The molecular weight excluding hydrogens is 260 g/mol. The first kappa shape index (κ1) is 10.1. The second-order valence-electron chi connectivity index (χ2n) is 3.14. The van der Waals surface area contributed by atoms with E-state index in [0.717, 1.165) is 9.35 Å². The van der Waals surface area contributed by atoms with Crippen molar-refractivity contribution in [3.05, 3.63) is 33.6 Å². The Balaban J connectivity index is 2.56. The highest BCUT2D eigenvalue weighted by molar-refractivity contribution is 9.10. The van der Waals surface area contributed by atoms with Crippen LogP contribution in [0, 0.1) is 0 Å². The van der Waals surface area contributed by atoms with Gasteiger partial charge in [-0.2, -0.15) is 0 Å². The Morgan fingerprint density at radius 3 is 2.86 bits per heavy atom. The van der Waals surface area contributed by atoms with E-state index in [1.807, 2.05) is 12.1 Å². The molecule has 0 aliphatic carbocycles. The molecule has 14 heavy (non-hydrogen) atoms. The van der Waals surface area contributed by atoms with Crippen molar-refractivity contribution in [2.75, 3.05) is 6.54 Å². The van der Waals surface area contributed by atoms with Gasteiger partial charge < -0.3 is 11.5 Å². The summed E-state index contributed by atoms with van der Waals surface area (Å²) in [5.41, 5.74) is 11.4. The third-order valence-corrected chi connectivity index (χ3v) is 4.07. The summed E-state index contributed by atoms with van der Waals surface area (Å²) in [5, 5.41) is 1.22. The van der Waals surface area contributed by atoms with Gasteiger partial charge in [0.25, 0.3) is 0 Å². The molecule has 4 N–H and O–H groups in total. The van der Waals surface area contributed by atoms with Gasteiger partial charge >= 0.3 is 0 Å². The lowest BCUT2D eigenvalue weighted by Crippen LogP contribution is -2.19. The Morgan fingerprint density at radius 2 is 2.21 bits per heavy atom. The van der Waals surface area contributed by atoms with E-state index < -0.39 is 0 Å². The molecule has 1 atom stereocenters. The molecule has 2 nitrogen and oxygen atoms in total. The largest absolute Gasteiger partial charge is 0.329 e. The van der Waals surface area contributed by atoms with Crippen molar-refractivity contribution in [3.8, 4) is 0 Å². The summed E-state index contributed by atoms with van der Waals surface area (Å²) in [6.07, 6.45) is 0. The highest BCUT2D eigenvalue weighted by Crippen LogP contribution is 2.33. The van der Waals surface area contributed by atoms with Crippen molar-refractivity contribution in [3.63, 3.8) is 0 Å². The van der Waals surface area contributed by atoms with Crippen LogP contribution < -0.4 is 11.5 Å². The predicted octanol–water partition coefficient (Wildman–Crippen LogP) is 2.62. The minimum atomic E-state index is -0.0423. The van der Waals surface area contributed by atoms with Gasteiger partial charge in [0.1, 0.15) is 0 Å². The molecule has 74 valence electrons. The van der Waals surface area contributed by atoms with Crippen molar-refractivity contribution in [1.29, 1.82) is 0 Å². The maximum Gasteiger partial charge on any atom is 0.0514 e. The third kappa shape index (κ3) is 1.70.